The van der Waals surface area contributed by atoms with Gasteiger partial charge in [0.25, 0.3) is 6.48 Å². The van der Waals surface area contributed by atoms with E-state index in [9.17, 15) is 0 Å². The van der Waals surface area contributed by atoms with Crippen LogP contribution in [0.3, 0.4) is 0 Å². The van der Waals surface area contributed by atoms with Crippen molar-refractivity contribution >= 4 is 9.28 Å². The summed E-state index contributed by atoms with van der Waals surface area (Å²) in [5.74, 6) is -1.89. The van der Waals surface area contributed by atoms with Crippen LogP contribution < -0.4 is 0 Å². The van der Waals surface area contributed by atoms with Gasteiger partial charge in [-0.1, -0.05) is 0 Å². The Morgan fingerprint density at radius 1 is 1.45 bits per heavy atom. The molecule has 1 atom stereocenters. The smallest absolute Gasteiger partial charge is 0.321 e. The second-order valence-corrected chi connectivity index (χ2v) is 3.67. The molecule has 1 unspecified atom stereocenters. The van der Waals surface area contributed by atoms with E-state index < -0.39 is 21.5 Å². The summed E-state index contributed by atoms with van der Waals surface area (Å²) in [6.45, 7) is -1.00. The van der Waals surface area contributed by atoms with Crippen LogP contribution >= 0.6 is 0 Å². The summed E-state index contributed by atoms with van der Waals surface area (Å²) < 4.78 is 4.13. The van der Waals surface area contributed by atoms with Crippen LogP contribution in [0.15, 0.2) is 0 Å². The van der Waals surface area contributed by atoms with Crippen molar-refractivity contribution < 1.29 is 29.6 Å². The number of hydrogen-bond donors (Lipinski definition) is 5. The third-order valence-electron chi connectivity index (χ3n) is 0.921. The van der Waals surface area contributed by atoms with Gasteiger partial charge in [-0.15, -0.1) is 0 Å². The van der Waals surface area contributed by atoms with E-state index in [-0.39, 0.29) is 6.04 Å². The molecule has 0 fully saturated rings. The monoisotopic (exact) mass is 184 g/mol. The molecule has 0 amide bonds. The highest BCUT2D eigenvalue weighted by molar-refractivity contribution is 6.41. The van der Waals surface area contributed by atoms with Crippen LogP contribution in [0.2, 0.25) is 6.04 Å². The second kappa shape index (κ2) is 4.12. The topological polar surface area (TPSA) is 110 Å². The molecule has 0 aromatic rings. The largest absolute Gasteiger partial charge is 0.413 e. The number of rotatable bonds is 4. The molecule has 0 heterocycles. The second-order valence-electron chi connectivity index (χ2n) is 2.30. The minimum absolute atomic E-state index is 0.384. The van der Waals surface area contributed by atoms with Crippen LogP contribution in [0, 0.1) is 0 Å². The molecule has 68 valence electrons. The molecule has 0 aromatic carbocycles. The summed E-state index contributed by atoms with van der Waals surface area (Å²) in [5.41, 5.74) is 0. The average Bonchev–Trinajstić information content (AvgIpc) is 1.53. The first-order valence-corrected chi connectivity index (χ1v) is 4.81. The maximum absolute atomic E-state index is 9.03. The fourth-order valence-electron chi connectivity index (χ4n) is 0.614. The van der Waals surface area contributed by atoms with Crippen molar-refractivity contribution in [1.29, 1.82) is 0 Å². The van der Waals surface area contributed by atoms with Gasteiger partial charge in [0.15, 0.2) is 5.79 Å². The van der Waals surface area contributed by atoms with Crippen LogP contribution in [0.1, 0.15) is 6.92 Å². The van der Waals surface area contributed by atoms with Crippen molar-refractivity contribution in [2.75, 3.05) is 0 Å². The molecule has 0 aliphatic carbocycles. The molecule has 5 N–H and O–H groups in total. The maximum Gasteiger partial charge on any atom is 0.321 e. The maximum atomic E-state index is 9.03. The van der Waals surface area contributed by atoms with Crippen LogP contribution in [0.4, 0.5) is 0 Å². The van der Waals surface area contributed by atoms with Gasteiger partial charge < -0.3 is 24.9 Å². The summed E-state index contributed by atoms with van der Waals surface area (Å²) in [4.78, 5) is 17.0. The first kappa shape index (κ1) is 11.0. The Hall–Kier alpha value is -0.0231. The van der Waals surface area contributed by atoms with Gasteiger partial charge in [0.05, 0.1) is 0 Å². The fourth-order valence-corrected chi connectivity index (χ4v) is 1.39. The number of hydrogen-bond acceptors (Lipinski definition) is 6. The molecule has 6 nitrogen and oxygen atoms in total. The van der Waals surface area contributed by atoms with Crippen LogP contribution in [-0.4, -0.2) is 46.5 Å². The zero-order valence-corrected chi connectivity index (χ0v) is 7.16. The van der Waals surface area contributed by atoms with Gasteiger partial charge in [-0.2, -0.15) is 0 Å². The van der Waals surface area contributed by atoms with E-state index in [2.05, 4.69) is 4.74 Å². The van der Waals surface area contributed by atoms with E-state index in [1.54, 1.807) is 0 Å². The predicted molar refractivity (Wildman–Crippen MR) is 36.3 cm³/mol. The van der Waals surface area contributed by atoms with Crippen molar-refractivity contribution in [3.8, 4) is 0 Å². The molecule has 0 saturated carbocycles. The third-order valence-corrected chi connectivity index (χ3v) is 2.04. The van der Waals surface area contributed by atoms with Crippen molar-refractivity contribution in [1.82, 2.24) is 0 Å². The summed E-state index contributed by atoms with van der Waals surface area (Å²) in [5, 5.41) is 25.5. The molecule has 0 aliphatic heterocycles. The molecule has 0 aliphatic rings. The molecule has 0 aromatic heterocycles. The molecular weight excluding hydrogens is 172 g/mol. The van der Waals surface area contributed by atoms with E-state index in [1.807, 2.05) is 0 Å². The van der Waals surface area contributed by atoms with Crippen molar-refractivity contribution in [2.45, 2.75) is 25.2 Å². The quantitative estimate of drug-likeness (QED) is 0.238. The van der Waals surface area contributed by atoms with Gasteiger partial charge in [0, 0.05) is 6.04 Å². The molecule has 0 spiro atoms. The Morgan fingerprint density at radius 2 is 1.91 bits per heavy atom. The fraction of sp³-hybridized carbons (Fsp3) is 1.00. The third kappa shape index (κ3) is 6.38. The first-order valence-electron chi connectivity index (χ1n) is 2.96. The Labute approximate surface area is 65.1 Å². The van der Waals surface area contributed by atoms with Gasteiger partial charge in [-0.25, -0.2) is 0 Å². The lowest BCUT2D eigenvalue weighted by molar-refractivity contribution is -0.332. The van der Waals surface area contributed by atoms with Crippen molar-refractivity contribution in [3.05, 3.63) is 0 Å². The van der Waals surface area contributed by atoms with Gasteiger partial charge >= 0.3 is 9.28 Å². The number of ether oxygens (including phenoxy) is 1. The number of aliphatic hydroxyl groups is 3. The summed E-state index contributed by atoms with van der Waals surface area (Å²) >= 11 is 0. The lowest BCUT2D eigenvalue weighted by Crippen LogP contribution is -2.37. The van der Waals surface area contributed by atoms with Crippen molar-refractivity contribution in [2.24, 2.45) is 0 Å². The van der Waals surface area contributed by atoms with E-state index in [4.69, 9.17) is 24.9 Å². The van der Waals surface area contributed by atoms with Crippen LogP contribution in [0.25, 0.3) is 0 Å². The van der Waals surface area contributed by atoms with Crippen LogP contribution in [0.5, 0.6) is 0 Å². The normalized spacial score (nSPS) is 17.5. The Kier molecular flexibility index (Phi) is 4.11. The molecule has 0 rings (SSSR count). The Bertz CT molecular complexity index is 101. The molecule has 0 radical (unpaired) electrons. The van der Waals surface area contributed by atoms with Gasteiger partial charge in [-0.05, 0) is 6.92 Å². The van der Waals surface area contributed by atoms with E-state index in [0.29, 0.717) is 0 Å². The highest BCUT2D eigenvalue weighted by atomic mass is 28.3. The average molecular weight is 184 g/mol. The molecule has 11 heavy (non-hydrogen) atoms. The van der Waals surface area contributed by atoms with Gasteiger partial charge in [-0.3, -0.25) is 4.74 Å². The minimum atomic E-state index is -2.95. The zero-order chi connectivity index (χ0) is 9.07. The summed E-state index contributed by atoms with van der Waals surface area (Å²) in [6.07, 6.45) is 0. The first-order chi connectivity index (χ1) is 4.83. The summed E-state index contributed by atoms with van der Waals surface area (Å²) in [6, 6.07) is -0.384. The van der Waals surface area contributed by atoms with E-state index >= 15 is 0 Å². The predicted octanol–water partition coefficient (Wildman–Crippen LogP) is -2.82. The minimum Gasteiger partial charge on any atom is -0.413 e. The molecular formula is C4H12O6Si. The molecule has 0 saturated heterocycles. The SMILES string of the molecule is CC(O)(C[SiH](O)O)OC(O)O. The van der Waals surface area contributed by atoms with Crippen molar-refractivity contribution in [3.63, 3.8) is 0 Å². The highest BCUT2D eigenvalue weighted by Crippen LogP contribution is 2.13. The summed E-state index contributed by atoms with van der Waals surface area (Å²) in [7, 11) is -2.95. The Morgan fingerprint density at radius 3 is 2.18 bits per heavy atom. The van der Waals surface area contributed by atoms with E-state index in [1.165, 1.54) is 0 Å². The molecule has 7 heteroatoms. The Balaban J connectivity index is 3.79. The van der Waals surface area contributed by atoms with Gasteiger partial charge in [0.2, 0.25) is 0 Å². The van der Waals surface area contributed by atoms with Gasteiger partial charge in [0.1, 0.15) is 0 Å². The lowest BCUT2D eigenvalue weighted by atomic mass is 10.4. The molecule has 0 bridgehead atoms. The standard InChI is InChI=1S/C4H12O6Si/c1-4(7,2-11(8)9)10-3(5)6/h3,5-9,11H,2H2,1H3. The van der Waals surface area contributed by atoms with Crippen LogP contribution in [-0.2, 0) is 4.74 Å². The number of aliphatic hydroxyl groups excluding tert-OH is 1. The lowest BCUT2D eigenvalue weighted by Gasteiger charge is -2.24. The zero-order valence-electron chi connectivity index (χ0n) is 6.01. The highest BCUT2D eigenvalue weighted by Gasteiger charge is 2.28. The van der Waals surface area contributed by atoms with E-state index in [0.717, 1.165) is 6.92 Å².